The van der Waals surface area contributed by atoms with Crippen molar-refractivity contribution in [3.8, 4) is 0 Å². The van der Waals surface area contributed by atoms with Crippen LogP contribution in [0, 0.1) is 5.82 Å². The summed E-state index contributed by atoms with van der Waals surface area (Å²) < 4.78 is 13.3. The first-order chi connectivity index (χ1) is 6.00. The van der Waals surface area contributed by atoms with Crippen molar-refractivity contribution in [3.05, 3.63) is 34.1 Å². The van der Waals surface area contributed by atoms with E-state index in [-0.39, 0.29) is 0 Å². The van der Waals surface area contributed by atoms with Crippen molar-refractivity contribution in [2.75, 3.05) is 0 Å². The molecule has 1 aromatic rings. The molecule has 0 spiro atoms. The summed E-state index contributed by atoms with van der Waals surface area (Å²) in [5, 5.41) is -0.994. The van der Waals surface area contributed by atoms with Gasteiger partial charge in [-0.3, -0.25) is 4.79 Å². The molecule has 1 atom stereocenters. The van der Waals surface area contributed by atoms with Crippen LogP contribution in [0.15, 0.2) is 22.7 Å². The third-order valence-electron chi connectivity index (χ3n) is 1.43. The minimum Gasteiger partial charge on any atom is -0.368 e. The van der Waals surface area contributed by atoms with Crippen molar-refractivity contribution in [1.82, 2.24) is 0 Å². The van der Waals surface area contributed by atoms with Crippen LogP contribution in [0.2, 0.25) is 0 Å². The highest BCUT2D eigenvalue weighted by Crippen LogP contribution is 2.24. The third-order valence-corrected chi connectivity index (χ3v) is 2.35. The lowest BCUT2D eigenvalue weighted by molar-refractivity contribution is -0.117. The molecule has 70 valence electrons. The van der Waals surface area contributed by atoms with Gasteiger partial charge in [0.05, 0.1) is 0 Å². The fourth-order valence-corrected chi connectivity index (χ4v) is 1.49. The van der Waals surface area contributed by atoms with Crippen LogP contribution in [0.5, 0.6) is 0 Å². The first-order valence-electron chi connectivity index (χ1n) is 3.40. The first kappa shape index (κ1) is 10.5. The number of amides is 1. The van der Waals surface area contributed by atoms with E-state index < -0.39 is 17.1 Å². The monoisotopic (exact) mass is 265 g/mol. The predicted molar refractivity (Wildman–Crippen MR) is 51.9 cm³/mol. The van der Waals surface area contributed by atoms with Crippen LogP contribution in [0.4, 0.5) is 4.39 Å². The Hall–Kier alpha value is -0.610. The Kier molecular flexibility index (Phi) is 3.27. The highest BCUT2D eigenvalue weighted by Gasteiger charge is 2.15. The number of carbonyl (C=O) groups excluding carboxylic acids is 1. The Labute approximate surface area is 88.0 Å². The molecular formula is C8H6BrClFNO. The molecule has 1 unspecified atom stereocenters. The molecule has 0 aliphatic heterocycles. The molecule has 1 aromatic carbocycles. The molecular weight excluding hydrogens is 260 g/mol. The van der Waals surface area contributed by atoms with Gasteiger partial charge in [0, 0.05) is 4.47 Å². The molecule has 1 rings (SSSR count). The number of halogens is 3. The molecule has 0 aliphatic carbocycles. The van der Waals surface area contributed by atoms with Crippen LogP contribution in [-0.2, 0) is 4.79 Å². The molecule has 13 heavy (non-hydrogen) atoms. The third kappa shape index (κ3) is 2.67. The Balaban J connectivity index is 3.07. The maximum absolute atomic E-state index is 12.8. The Bertz CT molecular complexity index is 325. The van der Waals surface area contributed by atoms with Gasteiger partial charge in [0.1, 0.15) is 11.2 Å². The van der Waals surface area contributed by atoms with E-state index in [1.165, 1.54) is 12.1 Å². The zero-order valence-corrected chi connectivity index (χ0v) is 8.77. The van der Waals surface area contributed by atoms with Crippen molar-refractivity contribution in [3.63, 3.8) is 0 Å². The fraction of sp³-hybridized carbons (Fsp3) is 0.125. The number of hydrogen-bond donors (Lipinski definition) is 1. The number of alkyl halides is 1. The number of carbonyl (C=O) groups is 1. The van der Waals surface area contributed by atoms with E-state index in [0.29, 0.717) is 10.0 Å². The predicted octanol–water partition coefficient (Wildman–Crippen LogP) is 2.35. The number of benzene rings is 1. The molecule has 0 aliphatic rings. The van der Waals surface area contributed by atoms with Gasteiger partial charge in [-0.15, -0.1) is 11.6 Å². The van der Waals surface area contributed by atoms with Gasteiger partial charge < -0.3 is 5.73 Å². The molecule has 2 nitrogen and oxygen atoms in total. The van der Waals surface area contributed by atoms with E-state index in [1.807, 2.05) is 0 Å². The van der Waals surface area contributed by atoms with Crippen molar-refractivity contribution >= 4 is 33.4 Å². The molecule has 5 heteroatoms. The van der Waals surface area contributed by atoms with Crippen molar-refractivity contribution in [2.45, 2.75) is 5.38 Å². The zero-order chi connectivity index (χ0) is 10.0. The molecule has 0 aromatic heterocycles. The SMILES string of the molecule is NC(=O)C(Cl)c1cc(F)cc(Br)c1. The van der Waals surface area contributed by atoms with Gasteiger partial charge in [-0.2, -0.15) is 0 Å². The standard InChI is InChI=1S/C8H6BrClFNO/c9-5-1-4(2-6(11)3-5)7(10)8(12)13/h1-3,7H,(H2,12,13). The van der Waals surface area contributed by atoms with Crippen LogP contribution in [0.25, 0.3) is 0 Å². The highest BCUT2D eigenvalue weighted by molar-refractivity contribution is 9.10. The van der Waals surface area contributed by atoms with Gasteiger partial charge in [0.15, 0.2) is 0 Å². The number of nitrogens with two attached hydrogens (primary N) is 1. The Morgan fingerprint density at radius 3 is 2.62 bits per heavy atom. The Morgan fingerprint density at radius 2 is 2.15 bits per heavy atom. The van der Waals surface area contributed by atoms with Crippen LogP contribution in [0.1, 0.15) is 10.9 Å². The summed E-state index contributed by atoms with van der Waals surface area (Å²) in [5.74, 6) is -1.16. The van der Waals surface area contributed by atoms with Crippen molar-refractivity contribution in [2.24, 2.45) is 5.73 Å². The fourth-order valence-electron chi connectivity index (χ4n) is 0.886. The quantitative estimate of drug-likeness (QED) is 0.821. The van der Waals surface area contributed by atoms with Crippen LogP contribution >= 0.6 is 27.5 Å². The van der Waals surface area contributed by atoms with E-state index in [9.17, 15) is 9.18 Å². The second kappa shape index (κ2) is 4.07. The summed E-state index contributed by atoms with van der Waals surface area (Å²) >= 11 is 8.70. The number of rotatable bonds is 2. The van der Waals surface area contributed by atoms with Crippen LogP contribution in [0.3, 0.4) is 0 Å². The maximum atomic E-state index is 12.8. The number of hydrogen-bond acceptors (Lipinski definition) is 1. The maximum Gasteiger partial charge on any atom is 0.240 e. The summed E-state index contributed by atoms with van der Waals surface area (Å²) in [6.45, 7) is 0. The molecule has 0 radical (unpaired) electrons. The number of primary amides is 1. The van der Waals surface area contributed by atoms with Gasteiger partial charge in [-0.1, -0.05) is 15.9 Å². The smallest absolute Gasteiger partial charge is 0.240 e. The van der Waals surface area contributed by atoms with Gasteiger partial charge in [-0.25, -0.2) is 4.39 Å². The molecule has 1 amide bonds. The summed E-state index contributed by atoms with van der Waals surface area (Å²) in [6.07, 6.45) is 0. The van der Waals surface area contributed by atoms with E-state index in [2.05, 4.69) is 15.9 Å². The first-order valence-corrected chi connectivity index (χ1v) is 4.63. The van der Waals surface area contributed by atoms with Gasteiger partial charge in [0.2, 0.25) is 5.91 Å². The van der Waals surface area contributed by atoms with Crippen LogP contribution < -0.4 is 5.73 Å². The van der Waals surface area contributed by atoms with Gasteiger partial charge in [-0.05, 0) is 23.8 Å². The zero-order valence-electron chi connectivity index (χ0n) is 6.43. The normalized spacial score (nSPS) is 12.5. The molecule has 0 heterocycles. The van der Waals surface area contributed by atoms with Crippen molar-refractivity contribution in [1.29, 1.82) is 0 Å². The summed E-state index contributed by atoms with van der Waals surface area (Å²) in [5.41, 5.74) is 5.31. The van der Waals surface area contributed by atoms with Crippen LogP contribution in [-0.4, -0.2) is 5.91 Å². The lowest BCUT2D eigenvalue weighted by atomic mass is 10.1. The topological polar surface area (TPSA) is 43.1 Å². The molecule has 2 N–H and O–H groups in total. The molecule has 0 bridgehead atoms. The summed E-state index contributed by atoms with van der Waals surface area (Å²) in [7, 11) is 0. The summed E-state index contributed by atoms with van der Waals surface area (Å²) in [4.78, 5) is 10.7. The molecule has 0 saturated carbocycles. The average molecular weight is 266 g/mol. The lowest BCUT2D eigenvalue weighted by Crippen LogP contribution is -2.17. The highest BCUT2D eigenvalue weighted by atomic mass is 79.9. The van der Waals surface area contributed by atoms with Crippen molar-refractivity contribution < 1.29 is 9.18 Å². The van der Waals surface area contributed by atoms with E-state index in [1.54, 1.807) is 6.07 Å². The second-order valence-corrected chi connectivity index (χ2v) is 3.82. The van der Waals surface area contributed by atoms with Gasteiger partial charge >= 0.3 is 0 Å². The largest absolute Gasteiger partial charge is 0.368 e. The van der Waals surface area contributed by atoms with Gasteiger partial charge in [0.25, 0.3) is 0 Å². The Morgan fingerprint density at radius 1 is 1.54 bits per heavy atom. The minimum atomic E-state index is -0.994. The van der Waals surface area contributed by atoms with E-state index >= 15 is 0 Å². The molecule has 0 fully saturated rings. The van der Waals surface area contributed by atoms with E-state index in [0.717, 1.165) is 0 Å². The molecule has 0 saturated heterocycles. The average Bonchev–Trinajstić information content (AvgIpc) is 2.01. The lowest BCUT2D eigenvalue weighted by Gasteiger charge is -2.05. The second-order valence-electron chi connectivity index (χ2n) is 2.47. The van der Waals surface area contributed by atoms with E-state index in [4.69, 9.17) is 17.3 Å². The summed E-state index contributed by atoms with van der Waals surface area (Å²) in [6, 6.07) is 3.99. The minimum absolute atomic E-state index is 0.348.